The first-order valence-electron chi connectivity index (χ1n) is 12.9. The standard InChI is InChI=1S/C32H32INO2/c1-22(30-11-5-8-25-7-2-3-10-31(25)30)34-21-23-6-4-9-27(20-23)24-12-14-26(15-13-24)32(35)36-29-18-16-28(33)17-19-29/h2-3,5,7-8,10-19,22-23,27,34H,4,6,9,20-21H2,1H3/t22-,23?,27?/m1/s1. The first kappa shape index (κ1) is 25.0. The number of hydrogen-bond donors (Lipinski definition) is 1. The Hall–Kier alpha value is -2.70. The van der Waals surface area contributed by atoms with E-state index in [0.29, 0.717) is 29.2 Å². The fourth-order valence-corrected chi connectivity index (χ4v) is 5.78. The van der Waals surface area contributed by atoms with Crippen molar-refractivity contribution in [2.24, 2.45) is 5.92 Å². The Kier molecular flexibility index (Phi) is 8.02. The third kappa shape index (κ3) is 5.98. The summed E-state index contributed by atoms with van der Waals surface area (Å²) in [6.45, 7) is 3.30. The Bertz CT molecular complexity index is 1310. The minimum Gasteiger partial charge on any atom is -0.423 e. The van der Waals surface area contributed by atoms with Gasteiger partial charge in [0.05, 0.1) is 5.56 Å². The summed E-state index contributed by atoms with van der Waals surface area (Å²) in [5.41, 5.74) is 3.29. The van der Waals surface area contributed by atoms with Gasteiger partial charge in [0.1, 0.15) is 5.75 Å². The van der Waals surface area contributed by atoms with Crippen LogP contribution in [0.3, 0.4) is 0 Å². The third-order valence-electron chi connectivity index (χ3n) is 7.43. The molecule has 5 rings (SSSR count). The van der Waals surface area contributed by atoms with Gasteiger partial charge in [0.25, 0.3) is 0 Å². The zero-order chi connectivity index (χ0) is 24.9. The van der Waals surface area contributed by atoms with Crippen LogP contribution in [0.1, 0.15) is 66.1 Å². The van der Waals surface area contributed by atoms with E-state index < -0.39 is 0 Å². The smallest absolute Gasteiger partial charge is 0.343 e. The van der Waals surface area contributed by atoms with E-state index in [-0.39, 0.29) is 5.97 Å². The molecule has 0 bridgehead atoms. The number of rotatable bonds is 7. The number of halogens is 1. The van der Waals surface area contributed by atoms with Crippen molar-refractivity contribution in [1.29, 1.82) is 0 Å². The lowest BCUT2D eigenvalue weighted by Gasteiger charge is -2.31. The first-order valence-corrected chi connectivity index (χ1v) is 13.9. The molecule has 4 aromatic carbocycles. The molecule has 0 heterocycles. The van der Waals surface area contributed by atoms with Gasteiger partial charge < -0.3 is 10.1 Å². The van der Waals surface area contributed by atoms with Crippen molar-refractivity contribution in [3.8, 4) is 5.75 Å². The summed E-state index contributed by atoms with van der Waals surface area (Å²) < 4.78 is 6.64. The molecule has 36 heavy (non-hydrogen) atoms. The van der Waals surface area contributed by atoms with Gasteiger partial charge in [-0.1, -0.05) is 61.0 Å². The molecule has 4 heteroatoms. The fourth-order valence-electron chi connectivity index (χ4n) is 5.42. The quantitative estimate of drug-likeness (QED) is 0.134. The molecular weight excluding hydrogens is 557 g/mol. The van der Waals surface area contributed by atoms with Crippen molar-refractivity contribution in [3.05, 3.63) is 111 Å². The van der Waals surface area contributed by atoms with Crippen molar-refractivity contribution < 1.29 is 9.53 Å². The second-order valence-corrected chi connectivity index (χ2v) is 11.1. The summed E-state index contributed by atoms with van der Waals surface area (Å²) in [7, 11) is 0. The van der Waals surface area contributed by atoms with E-state index in [1.165, 1.54) is 47.6 Å². The number of hydrogen-bond acceptors (Lipinski definition) is 3. The number of ether oxygens (including phenoxy) is 1. The Labute approximate surface area is 227 Å². The van der Waals surface area contributed by atoms with Crippen molar-refractivity contribution >= 4 is 39.3 Å². The molecule has 1 N–H and O–H groups in total. The summed E-state index contributed by atoms with van der Waals surface area (Å²) in [6.07, 6.45) is 4.91. The highest BCUT2D eigenvalue weighted by atomic mass is 127. The molecule has 0 amide bonds. The van der Waals surface area contributed by atoms with Gasteiger partial charge in [-0.05, 0) is 125 Å². The van der Waals surface area contributed by atoms with Crippen LogP contribution >= 0.6 is 22.6 Å². The molecule has 1 fully saturated rings. The molecule has 0 aromatic heterocycles. The van der Waals surface area contributed by atoms with E-state index >= 15 is 0 Å². The minimum absolute atomic E-state index is 0.309. The van der Waals surface area contributed by atoms with Crippen LogP contribution in [0, 0.1) is 9.49 Å². The Morgan fingerprint density at radius 3 is 2.50 bits per heavy atom. The summed E-state index contributed by atoms with van der Waals surface area (Å²) >= 11 is 2.24. The third-order valence-corrected chi connectivity index (χ3v) is 8.15. The minimum atomic E-state index is -0.309. The first-order chi connectivity index (χ1) is 17.6. The van der Waals surface area contributed by atoms with Gasteiger partial charge in [-0.25, -0.2) is 4.79 Å². The van der Waals surface area contributed by atoms with Gasteiger partial charge in [0.2, 0.25) is 0 Å². The summed E-state index contributed by atoms with van der Waals surface area (Å²) in [5.74, 6) is 1.46. The van der Waals surface area contributed by atoms with Crippen LogP contribution in [0.4, 0.5) is 0 Å². The van der Waals surface area contributed by atoms with Gasteiger partial charge >= 0.3 is 5.97 Å². The lowest BCUT2D eigenvalue weighted by molar-refractivity contribution is 0.0734. The van der Waals surface area contributed by atoms with Crippen LogP contribution in [0.25, 0.3) is 10.8 Å². The molecule has 4 aromatic rings. The average Bonchev–Trinajstić information content (AvgIpc) is 2.93. The average molecular weight is 590 g/mol. The Morgan fingerprint density at radius 2 is 1.69 bits per heavy atom. The maximum atomic E-state index is 12.6. The Balaban J connectivity index is 1.17. The molecule has 1 aliphatic carbocycles. The van der Waals surface area contributed by atoms with Crippen LogP contribution in [-0.2, 0) is 0 Å². The van der Waals surface area contributed by atoms with E-state index in [9.17, 15) is 4.79 Å². The summed E-state index contributed by atoms with van der Waals surface area (Å²) in [4.78, 5) is 12.6. The van der Waals surface area contributed by atoms with Gasteiger partial charge in [0, 0.05) is 9.61 Å². The van der Waals surface area contributed by atoms with E-state index in [2.05, 4.69) is 89.4 Å². The van der Waals surface area contributed by atoms with Crippen molar-refractivity contribution in [3.63, 3.8) is 0 Å². The van der Waals surface area contributed by atoms with Gasteiger partial charge in [-0.15, -0.1) is 0 Å². The fraction of sp³-hybridized carbons (Fsp3) is 0.281. The zero-order valence-electron chi connectivity index (χ0n) is 20.6. The van der Waals surface area contributed by atoms with Gasteiger partial charge in [-0.2, -0.15) is 0 Å². The SMILES string of the molecule is C[C@@H](NCC1CCCC(c2ccc(C(=O)Oc3ccc(I)cc3)cc2)C1)c1cccc2ccccc12. The van der Waals surface area contributed by atoms with Gasteiger partial charge in [0.15, 0.2) is 0 Å². The molecule has 0 aliphatic heterocycles. The van der Waals surface area contributed by atoms with Crippen LogP contribution in [0.5, 0.6) is 5.75 Å². The van der Waals surface area contributed by atoms with Crippen molar-refractivity contribution in [2.45, 2.75) is 44.6 Å². The molecule has 0 saturated heterocycles. The molecule has 2 unspecified atom stereocenters. The maximum absolute atomic E-state index is 12.6. The highest BCUT2D eigenvalue weighted by Gasteiger charge is 2.24. The number of fused-ring (bicyclic) bond motifs is 1. The van der Waals surface area contributed by atoms with Crippen LogP contribution in [-0.4, -0.2) is 12.5 Å². The maximum Gasteiger partial charge on any atom is 0.343 e. The number of carbonyl (C=O) groups excluding carboxylic acids is 1. The highest BCUT2D eigenvalue weighted by molar-refractivity contribution is 14.1. The van der Waals surface area contributed by atoms with Gasteiger partial charge in [-0.3, -0.25) is 0 Å². The highest BCUT2D eigenvalue weighted by Crippen LogP contribution is 2.36. The zero-order valence-corrected chi connectivity index (χ0v) is 22.8. The van der Waals surface area contributed by atoms with Crippen molar-refractivity contribution in [2.75, 3.05) is 6.54 Å². The number of nitrogens with one attached hydrogen (secondary N) is 1. The number of esters is 1. The normalized spacial score (nSPS) is 18.6. The van der Waals surface area contributed by atoms with E-state index in [0.717, 1.165) is 10.1 Å². The molecule has 0 spiro atoms. The Morgan fingerprint density at radius 1 is 0.944 bits per heavy atom. The predicted octanol–water partition coefficient (Wildman–Crippen LogP) is 8.29. The lowest BCUT2D eigenvalue weighted by atomic mass is 9.77. The van der Waals surface area contributed by atoms with E-state index in [4.69, 9.17) is 4.74 Å². The second kappa shape index (κ2) is 11.6. The largest absolute Gasteiger partial charge is 0.423 e. The van der Waals surface area contributed by atoms with E-state index in [1.54, 1.807) is 0 Å². The molecule has 184 valence electrons. The monoisotopic (exact) mass is 589 g/mol. The van der Waals surface area contributed by atoms with Crippen LogP contribution in [0.2, 0.25) is 0 Å². The summed E-state index contributed by atoms with van der Waals surface area (Å²) in [6, 6.07) is 31.1. The molecule has 0 radical (unpaired) electrons. The van der Waals surface area contributed by atoms with Crippen LogP contribution < -0.4 is 10.1 Å². The van der Waals surface area contributed by atoms with Crippen molar-refractivity contribution in [1.82, 2.24) is 5.32 Å². The number of benzene rings is 4. The molecule has 1 aliphatic rings. The van der Waals surface area contributed by atoms with E-state index in [1.807, 2.05) is 36.4 Å². The molecule has 3 nitrogen and oxygen atoms in total. The molecule has 1 saturated carbocycles. The van der Waals surface area contributed by atoms with Crippen LogP contribution in [0.15, 0.2) is 91.0 Å². The molecule has 3 atom stereocenters. The molecular formula is C32H32INO2. The number of carbonyl (C=O) groups is 1. The second-order valence-electron chi connectivity index (χ2n) is 9.89. The topological polar surface area (TPSA) is 38.3 Å². The lowest BCUT2D eigenvalue weighted by Crippen LogP contribution is -2.29. The summed E-state index contributed by atoms with van der Waals surface area (Å²) in [5, 5.41) is 6.46. The predicted molar refractivity (Wildman–Crippen MR) is 156 cm³/mol.